The summed E-state index contributed by atoms with van der Waals surface area (Å²) >= 11 is 3.42. The van der Waals surface area contributed by atoms with Crippen molar-refractivity contribution >= 4 is 33.1 Å². The molecule has 1 saturated heterocycles. The molecule has 1 fully saturated rings. The highest BCUT2D eigenvalue weighted by Crippen LogP contribution is 2.28. The monoisotopic (exact) mass is 334 g/mol. The first-order chi connectivity index (χ1) is 9.54. The van der Waals surface area contributed by atoms with Gasteiger partial charge in [0.05, 0.1) is 0 Å². The molecule has 1 aliphatic heterocycles. The summed E-state index contributed by atoms with van der Waals surface area (Å²) in [6.45, 7) is 5.90. The summed E-state index contributed by atoms with van der Waals surface area (Å²) in [6, 6.07) is 0. The predicted molar refractivity (Wildman–Crippen MR) is 87.1 cm³/mol. The standard InChI is InChI=1S/C13H22N2O2S3/c1-3-14-7-12-13(10(2)8-19-12)20(16,17)15-6-11-4-5-18-9-11/h8,11,14-15H,3-7,9H2,1-2H3. The van der Waals surface area contributed by atoms with Gasteiger partial charge in [-0.2, -0.15) is 11.8 Å². The molecule has 0 aliphatic carbocycles. The highest BCUT2D eigenvalue weighted by Gasteiger charge is 2.24. The SMILES string of the molecule is CCNCc1scc(C)c1S(=O)(=O)NCC1CCSC1. The summed E-state index contributed by atoms with van der Waals surface area (Å²) in [5.74, 6) is 2.69. The summed E-state index contributed by atoms with van der Waals surface area (Å²) in [6.07, 6.45) is 1.11. The molecule has 1 aromatic heterocycles. The van der Waals surface area contributed by atoms with Crippen LogP contribution in [0.15, 0.2) is 10.3 Å². The van der Waals surface area contributed by atoms with E-state index in [0.717, 1.165) is 34.9 Å². The zero-order valence-corrected chi connectivity index (χ0v) is 14.4. The van der Waals surface area contributed by atoms with Gasteiger partial charge in [0.2, 0.25) is 10.0 Å². The molecule has 0 radical (unpaired) electrons. The lowest BCUT2D eigenvalue weighted by Crippen LogP contribution is -2.30. The molecule has 114 valence electrons. The summed E-state index contributed by atoms with van der Waals surface area (Å²) in [5, 5.41) is 5.13. The maximum Gasteiger partial charge on any atom is 0.241 e. The third kappa shape index (κ3) is 3.98. The lowest BCUT2D eigenvalue weighted by molar-refractivity contribution is 0.544. The summed E-state index contributed by atoms with van der Waals surface area (Å²) in [4.78, 5) is 1.38. The van der Waals surface area contributed by atoms with Crippen molar-refractivity contribution in [2.75, 3.05) is 24.6 Å². The normalized spacial score (nSPS) is 19.6. The molecular formula is C13H22N2O2S3. The van der Waals surface area contributed by atoms with E-state index in [2.05, 4.69) is 10.0 Å². The molecule has 2 N–H and O–H groups in total. The van der Waals surface area contributed by atoms with Gasteiger partial charge in [-0.3, -0.25) is 0 Å². The third-order valence-electron chi connectivity index (χ3n) is 3.38. The molecule has 0 aromatic carbocycles. The number of nitrogens with one attached hydrogen (secondary N) is 2. The Kier molecular flexibility index (Phi) is 5.92. The quantitative estimate of drug-likeness (QED) is 0.802. The third-order valence-corrected chi connectivity index (χ3v) is 7.50. The van der Waals surface area contributed by atoms with E-state index in [1.807, 2.05) is 31.0 Å². The van der Waals surface area contributed by atoms with Crippen LogP contribution >= 0.6 is 23.1 Å². The van der Waals surface area contributed by atoms with Crippen molar-refractivity contribution in [1.82, 2.24) is 10.0 Å². The van der Waals surface area contributed by atoms with E-state index < -0.39 is 10.0 Å². The molecule has 1 aliphatic rings. The van der Waals surface area contributed by atoms with Gasteiger partial charge >= 0.3 is 0 Å². The smallest absolute Gasteiger partial charge is 0.241 e. The number of thiophene rings is 1. The van der Waals surface area contributed by atoms with Crippen LogP contribution in [0.3, 0.4) is 0 Å². The molecule has 1 atom stereocenters. The lowest BCUT2D eigenvalue weighted by Gasteiger charge is -2.12. The maximum absolute atomic E-state index is 12.5. The van der Waals surface area contributed by atoms with Crippen LogP contribution in [0.5, 0.6) is 0 Å². The van der Waals surface area contributed by atoms with Crippen LogP contribution < -0.4 is 10.0 Å². The Balaban J connectivity index is 2.09. The topological polar surface area (TPSA) is 58.2 Å². The molecule has 20 heavy (non-hydrogen) atoms. The highest BCUT2D eigenvalue weighted by molar-refractivity contribution is 7.99. The molecule has 1 unspecified atom stereocenters. The van der Waals surface area contributed by atoms with Gasteiger partial charge < -0.3 is 5.32 Å². The second-order valence-corrected chi connectivity index (χ2v) is 8.85. The zero-order valence-electron chi connectivity index (χ0n) is 11.9. The molecule has 4 nitrogen and oxygen atoms in total. The van der Waals surface area contributed by atoms with Gasteiger partial charge in [0, 0.05) is 18.0 Å². The van der Waals surface area contributed by atoms with Crippen molar-refractivity contribution in [3.63, 3.8) is 0 Å². The molecule has 1 aromatic rings. The van der Waals surface area contributed by atoms with Crippen molar-refractivity contribution in [1.29, 1.82) is 0 Å². The Hall–Kier alpha value is -0.0800. The van der Waals surface area contributed by atoms with E-state index in [9.17, 15) is 8.42 Å². The van der Waals surface area contributed by atoms with Crippen molar-refractivity contribution < 1.29 is 8.42 Å². The Labute approximate surface area is 129 Å². The van der Waals surface area contributed by atoms with Crippen molar-refractivity contribution in [2.24, 2.45) is 5.92 Å². The first-order valence-electron chi connectivity index (χ1n) is 6.89. The minimum absolute atomic E-state index is 0.478. The summed E-state index contributed by atoms with van der Waals surface area (Å²) in [7, 11) is -3.39. The Morgan fingerprint density at radius 2 is 2.25 bits per heavy atom. The van der Waals surface area contributed by atoms with Gasteiger partial charge in [0.1, 0.15) is 4.90 Å². The molecule has 7 heteroatoms. The predicted octanol–water partition coefficient (Wildman–Crippen LogP) is 2.20. The van der Waals surface area contributed by atoms with Crippen molar-refractivity contribution in [2.45, 2.75) is 31.7 Å². The first kappa shape index (κ1) is 16.3. The average Bonchev–Trinajstić information content (AvgIpc) is 3.03. The van der Waals surface area contributed by atoms with Gasteiger partial charge in [0.15, 0.2) is 0 Å². The average molecular weight is 335 g/mol. The van der Waals surface area contributed by atoms with Gasteiger partial charge in [-0.1, -0.05) is 6.92 Å². The molecule has 0 spiro atoms. The largest absolute Gasteiger partial charge is 0.312 e. The van der Waals surface area contributed by atoms with Gasteiger partial charge in [-0.25, -0.2) is 13.1 Å². The molecule has 0 saturated carbocycles. The van der Waals surface area contributed by atoms with Crippen LogP contribution in [0.2, 0.25) is 0 Å². The Morgan fingerprint density at radius 1 is 1.45 bits per heavy atom. The summed E-state index contributed by atoms with van der Waals surface area (Å²) in [5.41, 5.74) is 0.844. The number of rotatable bonds is 7. The van der Waals surface area contributed by atoms with E-state index in [-0.39, 0.29) is 0 Å². The van der Waals surface area contributed by atoms with E-state index >= 15 is 0 Å². The van der Waals surface area contributed by atoms with Gasteiger partial charge in [-0.15, -0.1) is 11.3 Å². The van der Waals surface area contributed by atoms with E-state index in [1.54, 1.807) is 0 Å². The number of hydrogen-bond acceptors (Lipinski definition) is 5. The van der Waals surface area contributed by atoms with E-state index in [4.69, 9.17) is 0 Å². The fraction of sp³-hybridized carbons (Fsp3) is 0.692. The second kappa shape index (κ2) is 7.26. The van der Waals surface area contributed by atoms with Crippen LogP contribution in [0.4, 0.5) is 0 Å². The minimum Gasteiger partial charge on any atom is -0.312 e. The van der Waals surface area contributed by atoms with Gasteiger partial charge in [0.25, 0.3) is 0 Å². The van der Waals surface area contributed by atoms with E-state index in [1.165, 1.54) is 11.3 Å². The number of hydrogen-bond donors (Lipinski definition) is 2. The van der Waals surface area contributed by atoms with Crippen LogP contribution in [-0.2, 0) is 16.6 Å². The molecule has 0 bridgehead atoms. The summed E-state index contributed by atoms with van der Waals surface area (Å²) < 4.78 is 27.8. The van der Waals surface area contributed by atoms with Crippen LogP contribution in [0, 0.1) is 12.8 Å². The van der Waals surface area contributed by atoms with Crippen LogP contribution in [0.1, 0.15) is 23.8 Å². The van der Waals surface area contributed by atoms with Crippen LogP contribution in [-0.4, -0.2) is 33.0 Å². The van der Waals surface area contributed by atoms with E-state index in [0.29, 0.717) is 23.9 Å². The fourth-order valence-electron chi connectivity index (χ4n) is 2.25. The number of aryl methyl sites for hydroxylation is 1. The van der Waals surface area contributed by atoms with Gasteiger partial charge in [-0.05, 0) is 48.3 Å². The fourth-order valence-corrected chi connectivity index (χ4v) is 6.43. The zero-order chi connectivity index (χ0) is 14.6. The first-order valence-corrected chi connectivity index (χ1v) is 10.4. The molecule has 0 amide bonds. The Morgan fingerprint density at radius 3 is 2.90 bits per heavy atom. The van der Waals surface area contributed by atoms with Crippen molar-refractivity contribution in [3.8, 4) is 0 Å². The number of thioether (sulfide) groups is 1. The number of sulfonamides is 1. The van der Waals surface area contributed by atoms with Crippen molar-refractivity contribution in [3.05, 3.63) is 15.8 Å². The molecule has 2 heterocycles. The maximum atomic E-state index is 12.5. The minimum atomic E-state index is -3.39. The highest BCUT2D eigenvalue weighted by atomic mass is 32.2. The molecular weight excluding hydrogens is 312 g/mol. The molecule has 2 rings (SSSR count). The Bertz CT molecular complexity index is 534. The van der Waals surface area contributed by atoms with Crippen LogP contribution in [0.25, 0.3) is 0 Å². The lowest BCUT2D eigenvalue weighted by atomic mass is 10.1. The second-order valence-electron chi connectivity index (χ2n) is 5.03.